The first kappa shape index (κ1) is 17.2. The van der Waals surface area contributed by atoms with Gasteiger partial charge in [-0.3, -0.25) is 9.69 Å². The number of β-amino-alcohol motifs (C(OH)–C–C–N with tert-alkyl or cyclic N) is 1. The smallest absolute Gasteiger partial charge is 0.220 e. The number of anilines is 1. The van der Waals surface area contributed by atoms with E-state index in [2.05, 4.69) is 34.1 Å². The zero-order valence-corrected chi connectivity index (χ0v) is 14.4. The molecule has 0 radical (unpaired) electrons. The van der Waals surface area contributed by atoms with Gasteiger partial charge in [0.25, 0.3) is 0 Å². The molecule has 1 atom stereocenters. The van der Waals surface area contributed by atoms with Gasteiger partial charge in [-0.15, -0.1) is 0 Å². The summed E-state index contributed by atoms with van der Waals surface area (Å²) >= 11 is 0. The molecule has 2 heterocycles. The van der Waals surface area contributed by atoms with Crippen molar-refractivity contribution in [2.45, 2.75) is 50.7 Å². The number of hydrogen-bond acceptors (Lipinski definition) is 4. The molecule has 132 valence electrons. The quantitative estimate of drug-likeness (QED) is 0.864. The second-order valence-corrected chi connectivity index (χ2v) is 7.40. The number of hydrogen-bond donors (Lipinski definition) is 2. The van der Waals surface area contributed by atoms with Crippen molar-refractivity contribution in [1.29, 1.82) is 0 Å². The third kappa shape index (κ3) is 4.48. The van der Waals surface area contributed by atoms with E-state index in [1.165, 1.54) is 30.5 Å². The van der Waals surface area contributed by atoms with E-state index < -0.39 is 11.5 Å². The fourth-order valence-electron chi connectivity index (χ4n) is 4.03. The summed E-state index contributed by atoms with van der Waals surface area (Å²) in [6.45, 7) is 4.59. The summed E-state index contributed by atoms with van der Waals surface area (Å²) in [5.41, 5.74) is 6.87. The molecular formula is C19H29N3O2. The zero-order valence-electron chi connectivity index (χ0n) is 14.4. The molecule has 2 aliphatic heterocycles. The monoisotopic (exact) mass is 331 g/mol. The molecule has 2 aliphatic rings. The van der Waals surface area contributed by atoms with Gasteiger partial charge in [0.1, 0.15) is 0 Å². The number of primary amides is 1. The molecule has 0 spiro atoms. The number of likely N-dealkylation sites (tertiary alicyclic amines) is 1. The Labute approximate surface area is 144 Å². The van der Waals surface area contributed by atoms with Crippen LogP contribution in [0.3, 0.4) is 0 Å². The fraction of sp³-hybridized carbons (Fsp3) is 0.632. The Kier molecular flexibility index (Phi) is 5.41. The van der Waals surface area contributed by atoms with Crippen molar-refractivity contribution in [3.05, 3.63) is 29.8 Å². The lowest BCUT2D eigenvalue weighted by atomic mass is 9.89. The number of amides is 1. The minimum Gasteiger partial charge on any atom is -0.388 e. The minimum atomic E-state index is -0.960. The van der Waals surface area contributed by atoms with Gasteiger partial charge in [0.15, 0.2) is 0 Å². The van der Waals surface area contributed by atoms with Gasteiger partial charge in [-0.2, -0.15) is 0 Å². The first-order valence-corrected chi connectivity index (χ1v) is 9.11. The molecule has 2 saturated heterocycles. The summed E-state index contributed by atoms with van der Waals surface area (Å²) < 4.78 is 0. The lowest BCUT2D eigenvalue weighted by molar-refractivity contribution is -0.125. The van der Waals surface area contributed by atoms with Crippen LogP contribution in [0.5, 0.6) is 0 Å². The average Bonchev–Trinajstić information content (AvgIpc) is 2.55. The minimum absolute atomic E-state index is 0.0530. The molecule has 3 N–H and O–H groups in total. The van der Waals surface area contributed by atoms with Crippen molar-refractivity contribution in [2.24, 2.45) is 5.73 Å². The summed E-state index contributed by atoms with van der Waals surface area (Å²) in [5, 5.41) is 10.6. The van der Waals surface area contributed by atoms with Crippen molar-refractivity contribution in [3.8, 4) is 0 Å². The van der Waals surface area contributed by atoms with Gasteiger partial charge in [0, 0.05) is 31.9 Å². The van der Waals surface area contributed by atoms with Crippen LogP contribution in [0.1, 0.15) is 44.1 Å². The second kappa shape index (κ2) is 7.53. The third-order valence-electron chi connectivity index (χ3n) is 5.20. The van der Waals surface area contributed by atoms with Crippen LogP contribution in [0.15, 0.2) is 24.3 Å². The van der Waals surface area contributed by atoms with Crippen LogP contribution < -0.4 is 10.6 Å². The Balaban J connectivity index is 1.58. The first-order chi connectivity index (χ1) is 11.5. The molecule has 24 heavy (non-hydrogen) atoms. The maximum atomic E-state index is 11.2. The van der Waals surface area contributed by atoms with Crippen molar-refractivity contribution >= 4 is 11.6 Å². The highest BCUT2D eigenvalue weighted by Gasteiger charge is 2.34. The van der Waals surface area contributed by atoms with Crippen molar-refractivity contribution in [1.82, 2.24) is 4.90 Å². The Hall–Kier alpha value is -1.59. The highest BCUT2D eigenvalue weighted by Crippen LogP contribution is 2.26. The van der Waals surface area contributed by atoms with Gasteiger partial charge < -0.3 is 15.7 Å². The highest BCUT2D eigenvalue weighted by atomic mass is 16.3. The van der Waals surface area contributed by atoms with Gasteiger partial charge in [0.2, 0.25) is 5.91 Å². The summed E-state index contributed by atoms with van der Waals surface area (Å²) in [6.07, 6.45) is 5.52. The van der Waals surface area contributed by atoms with E-state index in [1.807, 2.05) is 0 Å². The van der Waals surface area contributed by atoms with E-state index >= 15 is 0 Å². The molecule has 0 aromatic heterocycles. The van der Waals surface area contributed by atoms with Gasteiger partial charge in [-0.05, 0) is 56.3 Å². The van der Waals surface area contributed by atoms with Crippen LogP contribution in [0.25, 0.3) is 0 Å². The molecule has 5 heteroatoms. The normalized spacial score (nSPS) is 25.6. The van der Waals surface area contributed by atoms with Crippen molar-refractivity contribution < 1.29 is 9.90 Å². The Bertz CT molecular complexity index is 554. The van der Waals surface area contributed by atoms with Crippen LogP contribution in [-0.2, 0) is 11.3 Å². The zero-order chi connectivity index (χ0) is 17.0. The third-order valence-corrected chi connectivity index (χ3v) is 5.20. The molecular weight excluding hydrogens is 302 g/mol. The number of rotatable bonds is 5. The molecule has 0 bridgehead atoms. The Morgan fingerprint density at radius 2 is 1.79 bits per heavy atom. The molecule has 1 aromatic carbocycles. The maximum Gasteiger partial charge on any atom is 0.220 e. The van der Waals surface area contributed by atoms with Gasteiger partial charge >= 0.3 is 0 Å². The van der Waals surface area contributed by atoms with Gasteiger partial charge in [0.05, 0.1) is 12.0 Å². The summed E-state index contributed by atoms with van der Waals surface area (Å²) in [7, 11) is 0. The first-order valence-electron chi connectivity index (χ1n) is 9.11. The Morgan fingerprint density at radius 1 is 1.08 bits per heavy atom. The van der Waals surface area contributed by atoms with Crippen LogP contribution >= 0.6 is 0 Å². The molecule has 3 rings (SSSR count). The van der Waals surface area contributed by atoms with Crippen LogP contribution in [0, 0.1) is 0 Å². The molecule has 5 nitrogen and oxygen atoms in total. The summed E-state index contributed by atoms with van der Waals surface area (Å²) in [4.78, 5) is 15.8. The SMILES string of the molecule is NC(=O)CC1(O)CCCN(Cc2ccc(N3CCCCC3)cc2)C1. The van der Waals surface area contributed by atoms with Crippen molar-refractivity contribution in [3.63, 3.8) is 0 Å². The number of carbonyl (C=O) groups is 1. The van der Waals surface area contributed by atoms with Gasteiger partial charge in [-0.25, -0.2) is 0 Å². The average molecular weight is 331 g/mol. The topological polar surface area (TPSA) is 69.8 Å². The lowest BCUT2D eigenvalue weighted by Crippen LogP contribution is -2.49. The number of aliphatic hydroxyl groups is 1. The predicted octanol–water partition coefficient (Wildman–Crippen LogP) is 1.88. The van der Waals surface area contributed by atoms with Crippen molar-refractivity contribution in [2.75, 3.05) is 31.1 Å². The molecule has 1 unspecified atom stereocenters. The number of nitrogens with zero attached hydrogens (tertiary/aromatic N) is 2. The largest absolute Gasteiger partial charge is 0.388 e. The van der Waals surface area contributed by atoms with Crippen LogP contribution in [0.4, 0.5) is 5.69 Å². The molecule has 2 fully saturated rings. The predicted molar refractivity (Wildman–Crippen MR) is 95.8 cm³/mol. The number of nitrogens with two attached hydrogens (primary N) is 1. The van der Waals surface area contributed by atoms with Crippen LogP contribution in [-0.4, -0.2) is 47.7 Å². The number of carbonyl (C=O) groups excluding carboxylic acids is 1. The number of benzene rings is 1. The van der Waals surface area contributed by atoms with E-state index in [1.54, 1.807) is 0 Å². The fourth-order valence-corrected chi connectivity index (χ4v) is 4.03. The summed E-state index contributed by atoms with van der Waals surface area (Å²) in [5.74, 6) is -0.426. The lowest BCUT2D eigenvalue weighted by Gasteiger charge is -2.38. The van der Waals surface area contributed by atoms with E-state index in [0.717, 1.165) is 32.6 Å². The van der Waals surface area contributed by atoms with E-state index in [0.29, 0.717) is 13.0 Å². The maximum absolute atomic E-state index is 11.2. The van der Waals surface area contributed by atoms with Gasteiger partial charge in [-0.1, -0.05) is 12.1 Å². The molecule has 0 saturated carbocycles. The van der Waals surface area contributed by atoms with E-state index in [-0.39, 0.29) is 6.42 Å². The molecule has 1 aromatic rings. The van der Waals surface area contributed by atoms with Crippen LogP contribution in [0.2, 0.25) is 0 Å². The number of piperidine rings is 2. The molecule has 1 amide bonds. The van der Waals surface area contributed by atoms with E-state index in [9.17, 15) is 9.90 Å². The molecule has 0 aliphatic carbocycles. The van der Waals surface area contributed by atoms with E-state index in [4.69, 9.17) is 5.73 Å². The Morgan fingerprint density at radius 3 is 2.46 bits per heavy atom. The second-order valence-electron chi connectivity index (χ2n) is 7.40. The summed E-state index contributed by atoms with van der Waals surface area (Å²) in [6, 6.07) is 8.79. The standard InChI is InChI=1S/C19H29N3O2/c20-18(23)13-19(24)9-4-10-21(15-19)14-16-5-7-17(8-6-16)22-11-2-1-3-12-22/h5-8,24H,1-4,9-15H2,(H2,20,23). The highest BCUT2D eigenvalue weighted by molar-refractivity contribution is 5.75.